The second kappa shape index (κ2) is 7.23. The third-order valence-corrected chi connectivity index (χ3v) is 5.94. The van der Waals surface area contributed by atoms with Crippen LogP contribution in [0, 0.1) is 0 Å². The molecule has 1 heterocycles. The van der Waals surface area contributed by atoms with Crippen molar-refractivity contribution < 1.29 is 9.53 Å². The van der Waals surface area contributed by atoms with Gasteiger partial charge in [0.2, 0.25) is 0 Å². The van der Waals surface area contributed by atoms with E-state index < -0.39 is 5.41 Å². The van der Waals surface area contributed by atoms with Crippen molar-refractivity contribution in [3.63, 3.8) is 0 Å². The Morgan fingerprint density at radius 1 is 1.13 bits per heavy atom. The Kier molecular flexibility index (Phi) is 5.27. The first-order valence-corrected chi connectivity index (χ1v) is 9.12. The number of hydrogen-bond donors (Lipinski definition) is 0. The average molecular weight is 336 g/mol. The van der Waals surface area contributed by atoms with Gasteiger partial charge in [-0.3, -0.25) is 4.79 Å². The molecule has 23 heavy (non-hydrogen) atoms. The van der Waals surface area contributed by atoms with E-state index in [1.165, 1.54) is 39.5 Å². The molecule has 2 fully saturated rings. The molecule has 3 nitrogen and oxygen atoms in total. The third kappa shape index (κ3) is 3.41. The second-order valence-corrected chi connectivity index (χ2v) is 7.34. The summed E-state index contributed by atoms with van der Waals surface area (Å²) in [4.78, 5) is 15.2. The van der Waals surface area contributed by atoms with Crippen molar-refractivity contribution in [3.05, 3.63) is 34.9 Å². The molecule has 2 aliphatic rings. The van der Waals surface area contributed by atoms with Crippen LogP contribution in [0.3, 0.4) is 0 Å². The Morgan fingerprint density at radius 2 is 1.74 bits per heavy atom. The van der Waals surface area contributed by atoms with E-state index in [-0.39, 0.29) is 5.97 Å². The summed E-state index contributed by atoms with van der Waals surface area (Å²) in [6.45, 7) is 2.44. The lowest BCUT2D eigenvalue weighted by atomic mass is 9.68. The highest BCUT2D eigenvalue weighted by Crippen LogP contribution is 2.42. The molecule has 0 spiro atoms. The van der Waals surface area contributed by atoms with E-state index >= 15 is 0 Å². The number of nitrogens with zero attached hydrogens (tertiary/aromatic N) is 1. The van der Waals surface area contributed by atoms with E-state index in [4.69, 9.17) is 16.3 Å². The summed E-state index contributed by atoms with van der Waals surface area (Å²) in [7, 11) is 1.50. The molecule has 1 saturated carbocycles. The lowest BCUT2D eigenvalue weighted by molar-refractivity contribution is -0.149. The maximum Gasteiger partial charge on any atom is 0.316 e. The minimum Gasteiger partial charge on any atom is -0.468 e. The summed E-state index contributed by atoms with van der Waals surface area (Å²) in [6.07, 6.45) is 7.85. The van der Waals surface area contributed by atoms with Crippen LogP contribution in [-0.2, 0) is 14.9 Å². The first-order chi connectivity index (χ1) is 11.2. The maximum absolute atomic E-state index is 12.6. The molecule has 3 rings (SSSR count). The molecule has 0 bridgehead atoms. The molecule has 1 aromatic rings. The fourth-order valence-corrected chi connectivity index (χ4v) is 4.44. The van der Waals surface area contributed by atoms with Crippen LogP contribution in [-0.4, -0.2) is 37.1 Å². The van der Waals surface area contributed by atoms with Crippen LogP contribution in [0.5, 0.6) is 0 Å². The molecule has 0 amide bonds. The van der Waals surface area contributed by atoms with E-state index in [9.17, 15) is 4.79 Å². The van der Waals surface area contributed by atoms with Gasteiger partial charge in [-0.25, -0.2) is 0 Å². The van der Waals surface area contributed by atoms with Gasteiger partial charge < -0.3 is 9.64 Å². The van der Waals surface area contributed by atoms with E-state index in [1.54, 1.807) is 0 Å². The van der Waals surface area contributed by atoms with Crippen LogP contribution in [0.4, 0.5) is 0 Å². The number of ether oxygens (including phenoxy) is 1. The number of carbonyl (C=O) groups excluding carboxylic acids is 1. The maximum atomic E-state index is 12.6. The normalized spacial score (nSPS) is 29.2. The van der Waals surface area contributed by atoms with Gasteiger partial charge in [0.05, 0.1) is 12.5 Å². The molecule has 1 saturated heterocycles. The standard InChI is InChI=1S/C19H26ClNO2/c1-23-18(22)19(15-5-7-16(20)8-6-15)11-9-17(10-12-19)21-13-3-2-4-14-21/h5-8,17H,2-4,9-14H2,1H3. The molecule has 126 valence electrons. The van der Waals surface area contributed by atoms with Gasteiger partial charge in [-0.15, -0.1) is 0 Å². The molecular formula is C19H26ClNO2. The summed E-state index contributed by atoms with van der Waals surface area (Å²) in [6, 6.07) is 8.35. The number of benzene rings is 1. The van der Waals surface area contributed by atoms with E-state index in [0.29, 0.717) is 11.1 Å². The summed E-state index contributed by atoms with van der Waals surface area (Å²) < 4.78 is 5.17. The van der Waals surface area contributed by atoms with Gasteiger partial charge in [-0.1, -0.05) is 30.2 Å². The molecule has 0 atom stereocenters. The van der Waals surface area contributed by atoms with E-state index in [1.807, 2.05) is 24.3 Å². The van der Waals surface area contributed by atoms with Gasteiger partial charge in [-0.2, -0.15) is 0 Å². The number of rotatable bonds is 3. The highest BCUT2D eigenvalue weighted by Gasteiger charge is 2.45. The van der Waals surface area contributed by atoms with Gasteiger partial charge in [0.15, 0.2) is 0 Å². The minimum absolute atomic E-state index is 0.100. The summed E-state index contributed by atoms with van der Waals surface area (Å²) in [5.41, 5.74) is 0.553. The van der Waals surface area contributed by atoms with Gasteiger partial charge in [0, 0.05) is 11.1 Å². The Bertz CT molecular complexity index is 529. The fourth-order valence-electron chi connectivity index (χ4n) is 4.32. The minimum atomic E-state index is -0.494. The number of carbonyl (C=O) groups is 1. The number of esters is 1. The molecule has 1 aliphatic carbocycles. The van der Waals surface area contributed by atoms with Crippen LogP contribution in [0.1, 0.15) is 50.5 Å². The predicted octanol–water partition coefficient (Wildman–Crippen LogP) is 4.18. The quantitative estimate of drug-likeness (QED) is 0.776. The Morgan fingerprint density at radius 3 is 2.30 bits per heavy atom. The number of methoxy groups -OCH3 is 1. The zero-order valence-corrected chi connectivity index (χ0v) is 14.6. The van der Waals surface area contributed by atoms with Crippen molar-refractivity contribution >= 4 is 17.6 Å². The fraction of sp³-hybridized carbons (Fsp3) is 0.632. The lowest BCUT2D eigenvalue weighted by Gasteiger charge is -2.43. The predicted molar refractivity (Wildman–Crippen MR) is 92.8 cm³/mol. The molecule has 1 aliphatic heterocycles. The molecule has 0 radical (unpaired) electrons. The highest BCUT2D eigenvalue weighted by atomic mass is 35.5. The van der Waals surface area contributed by atoms with Gasteiger partial charge >= 0.3 is 5.97 Å². The van der Waals surface area contributed by atoms with Gasteiger partial charge in [0.25, 0.3) is 0 Å². The topological polar surface area (TPSA) is 29.5 Å². The van der Waals surface area contributed by atoms with Crippen LogP contribution >= 0.6 is 11.6 Å². The van der Waals surface area contributed by atoms with Gasteiger partial charge in [-0.05, 0) is 69.3 Å². The molecule has 4 heteroatoms. The Hall–Kier alpha value is -1.06. The van der Waals surface area contributed by atoms with Crippen LogP contribution in [0.2, 0.25) is 5.02 Å². The van der Waals surface area contributed by atoms with Crippen molar-refractivity contribution in [3.8, 4) is 0 Å². The number of hydrogen-bond acceptors (Lipinski definition) is 3. The number of piperidine rings is 1. The van der Waals surface area contributed by atoms with Crippen LogP contribution < -0.4 is 0 Å². The number of halogens is 1. The van der Waals surface area contributed by atoms with Crippen molar-refractivity contribution in [2.75, 3.05) is 20.2 Å². The van der Waals surface area contributed by atoms with E-state index in [0.717, 1.165) is 31.2 Å². The molecule has 0 unspecified atom stereocenters. The van der Waals surface area contributed by atoms with Gasteiger partial charge in [0.1, 0.15) is 0 Å². The number of likely N-dealkylation sites (tertiary alicyclic amines) is 1. The Labute approximate surface area is 144 Å². The summed E-state index contributed by atoms with van der Waals surface area (Å²) in [5.74, 6) is -0.100. The SMILES string of the molecule is COC(=O)C1(c2ccc(Cl)cc2)CCC(N2CCCCC2)CC1. The largest absolute Gasteiger partial charge is 0.468 e. The molecular weight excluding hydrogens is 310 g/mol. The zero-order valence-electron chi connectivity index (χ0n) is 13.9. The second-order valence-electron chi connectivity index (χ2n) is 6.91. The Balaban J connectivity index is 1.77. The zero-order chi connectivity index (χ0) is 16.3. The van der Waals surface area contributed by atoms with Crippen LogP contribution in [0.25, 0.3) is 0 Å². The lowest BCUT2D eigenvalue weighted by Crippen LogP contribution is -2.47. The van der Waals surface area contributed by atoms with Crippen LogP contribution in [0.15, 0.2) is 24.3 Å². The monoisotopic (exact) mass is 335 g/mol. The summed E-state index contributed by atoms with van der Waals surface area (Å²) >= 11 is 6.01. The van der Waals surface area contributed by atoms with Crippen molar-refractivity contribution in [1.82, 2.24) is 4.90 Å². The first kappa shape index (κ1) is 16.8. The van der Waals surface area contributed by atoms with Crippen molar-refractivity contribution in [2.45, 2.75) is 56.4 Å². The summed E-state index contributed by atoms with van der Waals surface area (Å²) in [5, 5.41) is 0.704. The molecule has 0 aromatic heterocycles. The third-order valence-electron chi connectivity index (χ3n) is 5.69. The average Bonchev–Trinajstić information content (AvgIpc) is 2.62. The van der Waals surface area contributed by atoms with Crippen molar-refractivity contribution in [2.24, 2.45) is 0 Å². The van der Waals surface area contributed by atoms with Crippen molar-refractivity contribution in [1.29, 1.82) is 0 Å². The first-order valence-electron chi connectivity index (χ1n) is 8.74. The molecule has 0 N–H and O–H groups in total. The van der Waals surface area contributed by atoms with E-state index in [2.05, 4.69) is 4.90 Å². The smallest absolute Gasteiger partial charge is 0.316 e. The highest BCUT2D eigenvalue weighted by molar-refractivity contribution is 6.30. The molecule has 1 aromatic carbocycles.